The fourth-order valence-corrected chi connectivity index (χ4v) is 1.81. The molecule has 0 amide bonds. The van der Waals surface area contributed by atoms with E-state index in [1.54, 1.807) is 12.2 Å². The van der Waals surface area contributed by atoms with Crippen molar-refractivity contribution in [1.29, 1.82) is 0 Å². The van der Waals surface area contributed by atoms with Gasteiger partial charge in [0.05, 0.1) is 5.76 Å². The first kappa shape index (κ1) is 11.3. The van der Waals surface area contributed by atoms with Crippen LogP contribution < -0.4 is 0 Å². The molecule has 0 aromatic rings. The molecule has 1 radical (unpaired) electrons. The number of hydrogen-bond donors (Lipinski definition) is 3. The van der Waals surface area contributed by atoms with E-state index in [2.05, 4.69) is 0 Å². The van der Waals surface area contributed by atoms with Crippen molar-refractivity contribution in [2.75, 3.05) is 0 Å². The summed E-state index contributed by atoms with van der Waals surface area (Å²) in [6, 6.07) is 0. The van der Waals surface area contributed by atoms with Crippen LogP contribution in [0.4, 0.5) is 0 Å². The summed E-state index contributed by atoms with van der Waals surface area (Å²) < 4.78 is 4.86. The second kappa shape index (κ2) is 4.74. The van der Waals surface area contributed by atoms with E-state index in [9.17, 15) is 0 Å². The lowest BCUT2D eigenvalue weighted by Gasteiger charge is -2.07. The molecule has 0 atom stereocenters. The average molecular weight is 217 g/mol. The van der Waals surface area contributed by atoms with Gasteiger partial charge < -0.3 is 19.7 Å². The summed E-state index contributed by atoms with van der Waals surface area (Å²) in [6.07, 6.45) is 8.46. The Morgan fingerprint density at radius 2 is 1.75 bits per heavy atom. The van der Waals surface area contributed by atoms with Gasteiger partial charge in [0.1, 0.15) is 0 Å². The molecule has 0 spiro atoms. The quantitative estimate of drug-likeness (QED) is 0.580. The molecule has 0 unspecified atom stereocenters. The van der Waals surface area contributed by atoms with Gasteiger partial charge in [-0.25, -0.2) is 0 Å². The lowest BCUT2D eigenvalue weighted by Crippen LogP contribution is -2.14. The molecule has 2 rings (SSSR count). The third kappa shape index (κ3) is 2.29. The van der Waals surface area contributed by atoms with E-state index in [1.165, 1.54) is 0 Å². The zero-order chi connectivity index (χ0) is 11.5. The van der Waals surface area contributed by atoms with Crippen molar-refractivity contribution < 1.29 is 19.7 Å². The number of hydrogen-bond acceptors (Lipinski definition) is 4. The van der Waals surface area contributed by atoms with Gasteiger partial charge in [-0.2, -0.15) is 0 Å². The SMILES string of the molecule is O[B]OC1=CC=C(C2=CC=C(B(O)O)C2)C1. The summed E-state index contributed by atoms with van der Waals surface area (Å²) in [7, 11) is -0.725. The maximum absolute atomic E-state index is 9.01. The monoisotopic (exact) mass is 217 g/mol. The molecule has 6 heteroatoms. The normalized spacial score (nSPS) is 18.7. The molecule has 0 fully saturated rings. The minimum absolute atomic E-state index is 0.549. The highest BCUT2D eigenvalue weighted by Gasteiger charge is 2.22. The van der Waals surface area contributed by atoms with Gasteiger partial charge in [0.2, 0.25) is 0 Å². The topological polar surface area (TPSA) is 69.9 Å². The van der Waals surface area contributed by atoms with Crippen LogP contribution in [0.15, 0.2) is 46.7 Å². The first-order valence-corrected chi connectivity index (χ1v) is 4.99. The van der Waals surface area contributed by atoms with Gasteiger partial charge >= 0.3 is 14.8 Å². The molecule has 0 aliphatic heterocycles. The summed E-state index contributed by atoms with van der Waals surface area (Å²) in [5, 5.41) is 26.5. The van der Waals surface area contributed by atoms with Gasteiger partial charge in [0, 0.05) is 6.42 Å². The molecule has 0 bridgehead atoms. The third-order valence-corrected chi connectivity index (χ3v) is 2.68. The van der Waals surface area contributed by atoms with Crippen molar-refractivity contribution in [2.24, 2.45) is 0 Å². The number of allylic oxidation sites excluding steroid dienone is 7. The van der Waals surface area contributed by atoms with Crippen LogP contribution in [0.5, 0.6) is 0 Å². The highest BCUT2D eigenvalue weighted by atomic mass is 16.5. The predicted molar refractivity (Wildman–Crippen MR) is 60.8 cm³/mol. The van der Waals surface area contributed by atoms with E-state index in [4.69, 9.17) is 19.7 Å². The Hall–Kier alpha value is -1.23. The van der Waals surface area contributed by atoms with Crippen LogP contribution in [0.2, 0.25) is 0 Å². The fraction of sp³-hybridized carbons (Fsp3) is 0.200. The van der Waals surface area contributed by atoms with Crippen molar-refractivity contribution in [3.63, 3.8) is 0 Å². The van der Waals surface area contributed by atoms with Crippen molar-refractivity contribution in [2.45, 2.75) is 12.8 Å². The summed E-state index contributed by atoms with van der Waals surface area (Å²) in [4.78, 5) is 0. The maximum Gasteiger partial charge on any atom is 0.569 e. The minimum Gasteiger partial charge on any atom is -0.540 e. The fourth-order valence-electron chi connectivity index (χ4n) is 1.81. The van der Waals surface area contributed by atoms with Gasteiger partial charge in [0.15, 0.2) is 0 Å². The van der Waals surface area contributed by atoms with Gasteiger partial charge in [-0.05, 0) is 29.1 Å². The third-order valence-electron chi connectivity index (χ3n) is 2.68. The zero-order valence-electron chi connectivity index (χ0n) is 8.63. The van der Waals surface area contributed by atoms with Crippen LogP contribution in [0.1, 0.15) is 12.8 Å². The van der Waals surface area contributed by atoms with Crippen LogP contribution in [0.25, 0.3) is 0 Å². The molecule has 0 saturated carbocycles. The first-order chi connectivity index (χ1) is 7.70. The van der Waals surface area contributed by atoms with Gasteiger partial charge in [-0.1, -0.05) is 18.2 Å². The molecule has 0 heterocycles. The summed E-state index contributed by atoms with van der Waals surface area (Å²) in [5.74, 6) is 0.677. The zero-order valence-corrected chi connectivity index (χ0v) is 8.63. The largest absolute Gasteiger partial charge is 0.569 e. The van der Waals surface area contributed by atoms with Crippen molar-refractivity contribution in [3.8, 4) is 0 Å². The molecule has 3 N–H and O–H groups in total. The first-order valence-electron chi connectivity index (χ1n) is 4.99. The Labute approximate surface area is 94.7 Å². The van der Waals surface area contributed by atoms with E-state index in [-0.39, 0.29) is 0 Å². The van der Waals surface area contributed by atoms with E-state index < -0.39 is 7.12 Å². The molecule has 0 saturated heterocycles. The smallest absolute Gasteiger partial charge is 0.540 e. The Bertz CT molecular complexity index is 407. The van der Waals surface area contributed by atoms with Crippen LogP contribution >= 0.6 is 0 Å². The molecule has 16 heavy (non-hydrogen) atoms. The van der Waals surface area contributed by atoms with Crippen molar-refractivity contribution >= 4 is 14.8 Å². The lowest BCUT2D eigenvalue weighted by molar-refractivity contribution is 0.364. The highest BCUT2D eigenvalue weighted by molar-refractivity contribution is 6.51. The van der Waals surface area contributed by atoms with E-state index in [1.807, 2.05) is 12.2 Å². The second-order valence-electron chi connectivity index (χ2n) is 3.71. The molecule has 81 valence electrons. The Balaban J connectivity index is 1.91. The molecular formula is C10H11B2O4. The van der Waals surface area contributed by atoms with Crippen molar-refractivity contribution in [3.05, 3.63) is 46.7 Å². The highest BCUT2D eigenvalue weighted by Crippen LogP contribution is 2.32. The molecule has 0 aromatic heterocycles. The summed E-state index contributed by atoms with van der Waals surface area (Å²) in [6.45, 7) is 0. The summed E-state index contributed by atoms with van der Waals surface area (Å²) >= 11 is 0. The lowest BCUT2D eigenvalue weighted by atomic mass is 9.77. The number of rotatable bonds is 4. The van der Waals surface area contributed by atoms with Gasteiger partial charge in [-0.15, -0.1) is 0 Å². The standard InChI is InChI=1S/C10H11B2O4/c13-11-16-10-4-2-8(6-10)7-1-3-9(5-7)12(14)15/h1-4,13-15H,5-6H2. The van der Waals surface area contributed by atoms with Gasteiger partial charge in [0.25, 0.3) is 0 Å². The molecule has 2 aliphatic rings. The molecule has 4 nitrogen and oxygen atoms in total. The van der Waals surface area contributed by atoms with Crippen molar-refractivity contribution in [1.82, 2.24) is 0 Å². The Morgan fingerprint density at radius 1 is 1.06 bits per heavy atom. The molecule has 2 aliphatic carbocycles. The average Bonchev–Trinajstić information content (AvgIpc) is 2.84. The Morgan fingerprint density at radius 3 is 2.38 bits per heavy atom. The molecular weight excluding hydrogens is 206 g/mol. The van der Waals surface area contributed by atoms with E-state index >= 15 is 0 Å². The van der Waals surface area contributed by atoms with E-state index in [0.717, 1.165) is 11.1 Å². The van der Waals surface area contributed by atoms with E-state index in [0.29, 0.717) is 31.8 Å². The van der Waals surface area contributed by atoms with Gasteiger partial charge in [-0.3, -0.25) is 0 Å². The van der Waals surface area contributed by atoms with Crippen LogP contribution in [-0.4, -0.2) is 29.9 Å². The Kier molecular flexibility index (Phi) is 3.33. The van der Waals surface area contributed by atoms with Crippen LogP contribution in [-0.2, 0) is 4.65 Å². The minimum atomic E-state index is -1.38. The summed E-state index contributed by atoms with van der Waals surface area (Å²) in [5.41, 5.74) is 2.72. The maximum atomic E-state index is 9.01. The van der Waals surface area contributed by atoms with Crippen LogP contribution in [0, 0.1) is 0 Å². The molecule has 0 aromatic carbocycles. The predicted octanol–water partition coefficient (Wildman–Crippen LogP) is 0.0120. The van der Waals surface area contributed by atoms with Crippen LogP contribution in [0.3, 0.4) is 0 Å². The second-order valence-corrected chi connectivity index (χ2v) is 3.71.